The molecule has 1 N–H and O–H groups in total. The first kappa shape index (κ1) is 18.7. The molecule has 26 heavy (non-hydrogen) atoms. The molecule has 3 fully saturated rings. The van der Waals surface area contributed by atoms with Crippen molar-refractivity contribution < 1.29 is 28.6 Å². The van der Waals surface area contributed by atoms with Crippen LogP contribution >= 0.6 is 0 Å². The number of hydrogen-bond donors (Lipinski definition) is 1. The Morgan fingerprint density at radius 3 is 2.65 bits per heavy atom. The quantitative estimate of drug-likeness (QED) is 0.765. The summed E-state index contributed by atoms with van der Waals surface area (Å²) in [4.78, 5) is 34.2. The molecule has 5 atom stereocenters. The van der Waals surface area contributed by atoms with Crippen LogP contribution in [0.4, 0.5) is 0 Å². The lowest BCUT2D eigenvalue weighted by Gasteiger charge is -2.54. The smallest absolute Gasteiger partial charge is 0.310 e. The summed E-state index contributed by atoms with van der Waals surface area (Å²) in [7, 11) is 0. The third-order valence-electron chi connectivity index (χ3n) is 6.23. The molecule has 1 aromatic heterocycles. The molecule has 4 unspecified atom stereocenters. The number of Topliss-reactive ketones (excluding diaryl/α,β-unsaturated/α-hetero) is 1. The molecule has 1 aliphatic heterocycles. The topological polar surface area (TPSA) is 93.8 Å². The lowest BCUT2D eigenvalue weighted by molar-refractivity contribution is -0.188. The van der Waals surface area contributed by atoms with E-state index < -0.39 is 5.97 Å². The molecule has 0 aromatic carbocycles. The largest absolute Gasteiger partial charge is 0.481 e. The summed E-state index contributed by atoms with van der Waals surface area (Å²) in [6.45, 7) is 3.23. The van der Waals surface area contributed by atoms with E-state index in [2.05, 4.69) is 6.92 Å². The lowest BCUT2D eigenvalue weighted by Crippen LogP contribution is -2.54. The third-order valence-corrected chi connectivity index (χ3v) is 6.23. The number of esters is 1. The molecule has 0 bridgehead atoms. The normalized spacial score (nSPS) is 36.1. The molecular weight excluding hydrogens is 336 g/mol. The van der Waals surface area contributed by atoms with Crippen molar-refractivity contribution in [3.05, 3.63) is 24.2 Å². The minimum atomic E-state index is -0.833. The zero-order chi connectivity index (χ0) is 18.9. The first-order valence-electron chi connectivity index (χ1n) is 9.27. The van der Waals surface area contributed by atoms with Gasteiger partial charge in [-0.25, -0.2) is 0 Å². The second-order valence-corrected chi connectivity index (χ2v) is 7.94. The highest BCUT2D eigenvalue weighted by Gasteiger charge is 2.58. The average molecular weight is 362 g/mol. The number of aliphatic carboxylic acids is 1. The fourth-order valence-corrected chi connectivity index (χ4v) is 5.23. The van der Waals surface area contributed by atoms with Crippen LogP contribution in [0.2, 0.25) is 0 Å². The second-order valence-electron chi connectivity index (χ2n) is 7.94. The molecule has 1 aromatic rings. The lowest BCUT2D eigenvalue weighted by atomic mass is 9.51. The molecular formula is C20H26O6. The van der Waals surface area contributed by atoms with Gasteiger partial charge in [0.2, 0.25) is 0 Å². The summed E-state index contributed by atoms with van der Waals surface area (Å²) >= 11 is 0. The van der Waals surface area contributed by atoms with E-state index in [4.69, 9.17) is 19.1 Å². The molecule has 0 radical (unpaired) electrons. The molecule has 0 spiro atoms. The Kier molecular flexibility index (Phi) is 5.21. The standard InChI is InChI=1S/C18H22O4.C2H4O2/c1-18-9-15(12-7-8-21-10-12)22-17(20)13(18)6-5-11-3-2-4-14(19)16(11)18;1-2(3)4/h7-8,10-11,13,15-16H,2-6,9H2,1H3;1H3,(H,3,4)/t11?,13?,15?,16?,18-;/m0./s1. The first-order valence-corrected chi connectivity index (χ1v) is 9.27. The zero-order valence-electron chi connectivity index (χ0n) is 15.3. The number of carboxylic acid groups (broad SMARTS) is 1. The molecule has 4 rings (SSSR count). The van der Waals surface area contributed by atoms with E-state index in [9.17, 15) is 9.59 Å². The molecule has 1 saturated heterocycles. The second kappa shape index (κ2) is 7.25. The van der Waals surface area contributed by atoms with Crippen molar-refractivity contribution in [3.63, 3.8) is 0 Å². The van der Waals surface area contributed by atoms with E-state index >= 15 is 0 Å². The van der Waals surface area contributed by atoms with Crippen LogP contribution in [0.25, 0.3) is 0 Å². The summed E-state index contributed by atoms with van der Waals surface area (Å²) < 4.78 is 10.8. The maximum Gasteiger partial charge on any atom is 0.310 e. The summed E-state index contributed by atoms with van der Waals surface area (Å²) in [5.74, 6) is -0.236. The maximum atomic E-state index is 12.6. The van der Waals surface area contributed by atoms with E-state index in [0.29, 0.717) is 18.1 Å². The highest BCUT2D eigenvalue weighted by atomic mass is 16.5. The van der Waals surface area contributed by atoms with Crippen molar-refractivity contribution in [2.24, 2.45) is 23.2 Å². The Morgan fingerprint density at radius 2 is 2.00 bits per heavy atom. The van der Waals surface area contributed by atoms with E-state index in [1.807, 2.05) is 6.07 Å². The Bertz CT molecular complexity index is 674. The monoisotopic (exact) mass is 362 g/mol. The predicted octanol–water partition coefficient (Wildman–Crippen LogP) is 3.76. The van der Waals surface area contributed by atoms with Gasteiger partial charge in [-0.05, 0) is 49.5 Å². The number of carboxylic acids is 1. The van der Waals surface area contributed by atoms with Gasteiger partial charge < -0.3 is 14.3 Å². The van der Waals surface area contributed by atoms with Crippen LogP contribution in [0.15, 0.2) is 23.0 Å². The van der Waals surface area contributed by atoms with E-state index in [-0.39, 0.29) is 29.3 Å². The first-order chi connectivity index (χ1) is 12.3. The van der Waals surface area contributed by atoms with Gasteiger partial charge in [0.15, 0.2) is 0 Å². The van der Waals surface area contributed by atoms with Crippen molar-refractivity contribution in [1.29, 1.82) is 0 Å². The van der Waals surface area contributed by atoms with Crippen LogP contribution in [-0.4, -0.2) is 22.8 Å². The molecule has 2 saturated carbocycles. The highest BCUT2D eigenvalue weighted by Crippen LogP contribution is 2.58. The average Bonchev–Trinajstić information content (AvgIpc) is 3.08. The molecule has 2 heterocycles. The fourth-order valence-electron chi connectivity index (χ4n) is 5.23. The van der Waals surface area contributed by atoms with Crippen molar-refractivity contribution in [2.75, 3.05) is 0 Å². The Balaban J connectivity index is 0.000000447. The van der Waals surface area contributed by atoms with Crippen LogP contribution in [0.5, 0.6) is 0 Å². The van der Waals surface area contributed by atoms with Crippen molar-refractivity contribution >= 4 is 17.7 Å². The van der Waals surface area contributed by atoms with E-state index in [0.717, 1.165) is 44.6 Å². The molecule has 3 aliphatic rings. The van der Waals surface area contributed by atoms with Gasteiger partial charge in [0, 0.05) is 24.8 Å². The maximum absolute atomic E-state index is 12.6. The summed E-state index contributed by atoms with van der Waals surface area (Å²) in [5, 5.41) is 7.42. The van der Waals surface area contributed by atoms with Crippen LogP contribution in [-0.2, 0) is 19.1 Å². The van der Waals surface area contributed by atoms with Gasteiger partial charge in [-0.3, -0.25) is 14.4 Å². The van der Waals surface area contributed by atoms with Gasteiger partial charge in [0.05, 0.1) is 18.4 Å². The van der Waals surface area contributed by atoms with Gasteiger partial charge in [-0.15, -0.1) is 0 Å². The third kappa shape index (κ3) is 3.41. The Morgan fingerprint density at radius 1 is 1.27 bits per heavy atom. The number of hydrogen-bond acceptors (Lipinski definition) is 5. The SMILES string of the molecule is CC(=O)O.C[C@]12CC(c3ccoc3)OC(=O)C1CCC1CCCC(=O)C12. The number of fused-ring (bicyclic) bond motifs is 3. The Hall–Kier alpha value is -2.11. The zero-order valence-corrected chi connectivity index (χ0v) is 15.3. The predicted molar refractivity (Wildman–Crippen MR) is 92.1 cm³/mol. The number of furan rings is 1. The summed E-state index contributed by atoms with van der Waals surface area (Å²) in [6.07, 6.45) is 8.37. The van der Waals surface area contributed by atoms with Crippen LogP contribution in [0, 0.1) is 23.2 Å². The van der Waals surface area contributed by atoms with Crippen molar-refractivity contribution in [1.82, 2.24) is 0 Å². The van der Waals surface area contributed by atoms with Gasteiger partial charge in [0.1, 0.15) is 11.9 Å². The fraction of sp³-hybridized carbons (Fsp3) is 0.650. The molecule has 6 nitrogen and oxygen atoms in total. The van der Waals surface area contributed by atoms with Crippen molar-refractivity contribution in [2.45, 2.75) is 58.5 Å². The number of carbonyl (C=O) groups is 3. The molecule has 2 aliphatic carbocycles. The van der Waals surface area contributed by atoms with Gasteiger partial charge in [-0.2, -0.15) is 0 Å². The molecule has 0 amide bonds. The minimum absolute atomic E-state index is 0.0299. The number of ketones is 1. The van der Waals surface area contributed by atoms with E-state index in [1.165, 1.54) is 0 Å². The minimum Gasteiger partial charge on any atom is -0.481 e. The van der Waals surface area contributed by atoms with Crippen LogP contribution in [0.1, 0.15) is 64.0 Å². The van der Waals surface area contributed by atoms with Gasteiger partial charge in [0.25, 0.3) is 5.97 Å². The summed E-state index contributed by atoms with van der Waals surface area (Å²) in [6, 6.07) is 1.85. The number of cyclic esters (lactones) is 1. The van der Waals surface area contributed by atoms with Gasteiger partial charge in [-0.1, -0.05) is 6.92 Å². The summed E-state index contributed by atoms with van der Waals surface area (Å²) in [5.41, 5.74) is 0.635. The number of rotatable bonds is 1. The van der Waals surface area contributed by atoms with Crippen LogP contribution < -0.4 is 0 Å². The van der Waals surface area contributed by atoms with E-state index in [1.54, 1.807) is 12.5 Å². The molecule has 142 valence electrons. The van der Waals surface area contributed by atoms with Gasteiger partial charge >= 0.3 is 5.97 Å². The highest BCUT2D eigenvalue weighted by molar-refractivity contribution is 5.85. The number of carbonyl (C=O) groups excluding carboxylic acids is 2. The Labute approximate surface area is 152 Å². The molecule has 6 heteroatoms. The number of ether oxygens (including phenoxy) is 1. The van der Waals surface area contributed by atoms with Crippen molar-refractivity contribution in [3.8, 4) is 0 Å². The van der Waals surface area contributed by atoms with Crippen LogP contribution in [0.3, 0.4) is 0 Å².